The van der Waals surface area contributed by atoms with Crippen LogP contribution in [0.5, 0.6) is 0 Å². The lowest BCUT2D eigenvalue weighted by molar-refractivity contribution is 0.188. The summed E-state index contributed by atoms with van der Waals surface area (Å²) >= 11 is 0. The van der Waals surface area contributed by atoms with E-state index in [0.717, 1.165) is 38.0 Å². The maximum atomic E-state index is 12.3. The Bertz CT molecular complexity index is 321. The molecule has 0 aromatic rings. The van der Waals surface area contributed by atoms with Crippen molar-refractivity contribution in [3.63, 3.8) is 0 Å². The Morgan fingerprint density at radius 3 is 2.74 bits per heavy atom. The van der Waals surface area contributed by atoms with Gasteiger partial charge in [0.15, 0.2) is 0 Å². The van der Waals surface area contributed by atoms with Crippen LogP contribution in [0.4, 0.5) is 4.79 Å². The van der Waals surface area contributed by atoms with Crippen molar-refractivity contribution >= 4 is 6.03 Å². The fourth-order valence-corrected chi connectivity index (χ4v) is 4.08. The smallest absolute Gasteiger partial charge is 0.320 e. The van der Waals surface area contributed by atoms with Gasteiger partial charge in [-0.05, 0) is 50.6 Å². The van der Waals surface area contributed by atoms with Gasteiger partial charge in [0.25, 0.3) is 0 Å². The Morgan fingerprint density at radius 1 is 1.26 bits per heavy atom. The third-order valence-electron chi connectivity index (χ3n) is 5.39. The molecule has 1 N–H and O–H groups in total. The van der Waals surface area contributed by atoms with Gasteiger partial charge in [0.1, 0.15) is 0 Å². The second-order valence-electron chi connectivity index (χ2n) is 6.60. The monoisotopic (exact) mass is 265 g/mol. The van der Waals surface area contributed by atoms with Gasteiger partial charge in [0, 0.05) is 20.1 Å². The number of likely N-dealkylation sites (N-methyl/N-ethyl adjacent to an activating group) is 1. The van der Waals surface area contributed by atoms with Gasteiger partial charge in [-0.3, -0.25) is 0 Å². The van der Waals surface area contributed by atoms with Gasteiger partial charge in [0.2, 0.25) is 0 Å². The van der Waals surface area contributed by atoms with Crippen molar-refractivity contribution < 1.29 is 4.79 Å². The molecule has 0 spiro atoms. The molecule has 3 aliphatic rings. The predicted octanol–water partition coefficient (Wildman–Crippen LogP) is 1.91. The van der Waals surface area contributed by atoms with Crippen LogP contribution in [-0.4, -0.2) is 55.1 Å². The molecule has 3 rings (SSSR count). The van der Waals surface area contributed by atoms with Crippen LogP contribution in [0.2, 0.25) is 0 Å². The Labute approximate surface area is 116 Å². The average molecular weight is 265 g/mol. The standard InChI is InChI=1S/C15H27N3O/c1-17-14(13-4-2-3-5-13)11-18(15(17)19)9-7-12-6-8-16-10-12/h12-14,16H,2-11H2,1H3. The van der Waals surface area contributed by atoms with Crippen molar-refractivity contribution in [2.75, 3.05) is 33.2 Å². The lowest BCUT2D eigenvalue weighted by Crippen LogP contribution is -2.35. The summed E-state index contributed by atoms with van der Waals surface area (Å²) in [6.07, 6.45) is 7.81. The summed E-state index contributed by atoms with van der Waals surface area (Å²) in [5, 5.41) is 3.41. The molecule has 1 saturated carbocycles. The highest BCUT2D eigenvalue weighted by atomic mass is 16.2. The Hall–Kier alpha value is -0.770. The van der Waals surface area contributed by atoms with E-state index in [1.807, 2.05) is 11.9 Å². The second kappa shape index (κ2) is 5.70. The minimum atomic E-state index is 0.267. The van der Waals surface area contributed by atoms with Crippen LogP contribution in [0, 0.1) is 11.8 Å². The zero-order valence-electron chi connectivity index (χ0n) is 12.1. The number of carbonyl (C=O) groups is 1. The summed E-state index contributed by atoms with van der Waals surface area (Å²) in [6, 6.07) is 0.750. The maximum Gasteiger partial charge on any atom is 0.320 e. The molecule has 2 heterocycles. The van der Waals surface area contributed by atoms with Crippen LogP contribution in [0.3, 0.4) is 0 Å². The highest BCUT2D eigenvalue weighted by Crippen LogP contribution is 2.33. The zero-order valence-corrected chi connectivity index (χ0v) is 12.1. The van der Waals surface area contributed by atoms with Crippen LogP contribution >= 0.6 is 0 Å². The Morgan fingerprint density at radius 2 is 2.05 bits per heavy atom. The fraction of sp³-hybridized carbons (Fsp3) is 0.933. The van der Waals surface area contributed by atoms with E-state index in [-0.39, 0.29) is 6.03 Å². The number of urea groups is 1. The van der Waals surface area contributed by atoms with E-state index in [2.05, 4.69) is 10.2 Å². The highest BCUT2D eigenvalue weighted by molar-refractivity contribution is 5.76. The van der Waals surface area contributed by atoms with E-state index in [1.54, 1.807) is 0 Å². The largest absolute Gasteiger partial charge is 0.323 e. The van der Waals surface area contributed by atoms with Crippen LogP contribution in [-0.2, 0) is 0 Å². The highest BCUT2D eigenvalue weighted by Gasteiger charge is 2.39. The number of hydrogen-bond donors (Lipinski definition) is 1. The minimum absolute atomic E-state index is 0.267. The molecule has 0 bridgehead atoms. The summed E-state index contributed by atoms with van der Waals surface area (Å²) < 4.78 is 0. The molecule has 4 heteroatoms. The molecule has 2 aliphatic heterocycles. The molecule has 2 atom stereocenters. The molecule has 3 fully saturated rings. The summed E-state index contributed by atoms with van der Waals surface area (Å²) in [4.78, 5) is 16.4. The van der Waals surface area contributed by atoms with Gasteiger partial charge in [0.05, 0.1) is 6.04 Å². The van der Waals surface area contributed by atoms with Crippen molar-refractivity contribution in [2.45, 2.75) is 44.6 Å². The summed E-state index contributed by atoms with van der Waals surface area (Å²) in [7, 11) is 2.00. The lowest BCUT2D eigenvalue weighted by Gasteiger charge is -2.23. The Balaban J connectivity index is 1.52. The number of nitrogens with one attached hydrogen (secondary N) is 1. The number of rotatable bonds is 4. The van der Waals surface area contributed by atoms with E-state index in [1.165, 1.54) is 38.5 Å². The third kappa shape index (κ3) is 2.73. The van der Waals surface area contributed by atoms with Crippen LogP contribution < -0.4 is 5.32 Å². The first kappa shape index (κ1) is 13.2. The first-order valence-corrected chi connectivity index (χ1v) is 7.98. The van der Waals surface area contributed by atoms with Gasteiger partial charge < -0.3 is 15.1 Å². The van der Waals surface area contributed by atoms with Crippen LogP contribution in [0.1, 0.15) is 38.5 Å². The molecular formula is C15H27N3O. The molecule has 2 amide bonds. The minimum Gasteiger partial charge on any atom is -0.323 e. The molecule has 19 heavy (non-hydrogen) atoms. The van der Waals surface area contributed by atoms with Crippen LogP contribution in [0.25, 0.3) is 0 Å². The molecule has 4 nitrogen and oxygen atoms in total. The number of hydrogen-bond acceptors (Lipinski definition) is 2. The fourth-order valence-electron chi connectivity index (χ4n) is 4.08. The molecule has 108 valence electrons. The predicted molar refractivity (Wildman–Crippen MR) is 76.1 cm³/mol. The van der Waals surface area contributed by atoms with E-state index < -0.39 is 0 Å². The van der Waals surface area contributed by atoms with Crippen molar-refractivity contribution in [1.82, 2.24) is 15.1 Å². The molecule has 0 aromatic carbocycles. The summed E-state index contributed by atoms with van der Waals surface area (Å²) in [5.74, 6) is 1.54. The maximum absolute atomic E-state index is 12.3. The lowest BCUT2D eigenvalue weighted by atomic mass is 9.98. The summed E-state index contributed by atoms with van der Waals surface area (Å²) in [5.41, 5.74) is 0. The Kier molecular flexibility index (Phi) is 3.96. The zero-order chi connectivity index (χ0) is 13.2. The van der Waals surface area contributed by atoms with Crippen molar-refractivity contribution in [1.29, 1.82) is 0 Å². The van der Waals surface area contributed by atoms with Crippen molar-refractivity contribution in [3.8, 4) is 0 Å². The number of amides is 2. The van der Waals surface area contributed by atoms with Gasteiger partial charge >= 0.3 is 6.03 Å². The first-order valence-electron chi connectivity index (χ1n) is 7.98. The number of nitrogens with zero attached hydrogens (tertiary/aromatic N) is 2. The topological polar surface area (TPSA) is 35.6 Å². The van der Waals surface area contributed by atoms with Gasteiger partial charge in [-0.1, -0.05) is 12.8 Å². The molecular weight excluding hydrogens is 238 g/mol. The SMILES string of the molecule is CN1C(=O)N(CCC2CCNC2)CC1C1CCCC1. The molecule has 0 radical (unpaired) electrons. The first-order chi connectivity index (χ1) is 9.25. The van der Waals surface area contributed by atoms with Crippen molar-refractivity contribution in [2.24, 2.45) is 11.8 Å². The van der Waals surface area contributed by atoms with Crippen LogP contribution in [0.15, 0.2) is 0 Å². The molecule has 2 unspecified atom stereocenters. The third-order valence-corrected chi connectivity index (χ3v) is 5.39. The summed E-state index contributed by atoms with van der Waals surface area (Å²) in [6.45, 7) is 4.23. The second-order valence-corrected chi connectivity index (χ2v) is 6.60. The average Bonchev–Trinajstić information content (AvgIpc) is 3.12. The quantitative estimate of drug-likeness (QED) is 0.843. The normalized spacial score (nSPS) is 32.8. The van der Waals surface area contributed by atoms with Gasteiger partial charge in [-0.15, -0.1) is 0 Å². The van der Waals surface area contributed by atoms with E-state index in [0.29, 0.717) is 6.04 Å². The van der Waals surface area contributed by atoms with Gasteiger partial charge in [-0.25, -0.2) is 4.79 Å². The van der Waals surface area contributed by atoms with E-state index >= 15 is 0 Å². The number of carbonyl (C=O) groups excluding carboxylic acids is 1. The van der Waals surface area contributed by atoms with Crippen molar-refractivity contribution in [3.05, 3.63) is 0 Å². The molecule has 0 aromatic heterocycles. The van der Waals surface area contributed by atoms with E-state index in [9.17, 15) is 4.79 Å². The van der Waals surface area contributed by atoms with Gasteiger partial charge in [-0.2, -0.15) is 0 Å². The van der Waals surface area contributed by atoms with E-state index in [4.69, 9.17) is 0 Å². The molecule has 1 aliphatic carbocycles. The molecule has 2 saturated heterocycles.